The predicted molar refractivity (Wildman–Crippen MR) is 85.4 cm³/mol. The van der Waals surface area contributed by atoms with Crippen LogP contribution in [0.5, 0.6) is 0 Å². The molecule has 1 aliphatic rings. The van der Waals surface area contributed by atoms with Gasteiger partial charge >= 0.3 is 0 Å². The van der Waals surface area contributed by atoms with Gasteiger partial charge in [0.05, 0.1) is 4.88 Å². The van der Waals surface area contributed by atoms with Crippen molar-refractivity contribution in [3.8, 4) is 0 Å². The van der Waals surface area contributed by atoms with E-state index in [-0.39, 0.29) is 17.9 Å². The van der Waals surface area contributed by atoms with E-state index in [1.807, 2.05) is 11.4 Å². The molecule has 0 aliphatic heterocycles. The maximum atomic E-state index is 12.0. The summed E-state index contributed by atoms with van der Waals surface area (Å²) in [4.78, 5) is 24.4. The summed E-state index contributed by atoms with van der Waals surface area (Å²) in [6.45, 7) is 4.86. The molecule has 4 nitrogen and oxygen atoms in total. The zero-order chi connectivity index (χ0) is 15.2. The van der Waals surface area contributed by atoms with Gasteiger partial charge in [0, 0.05) is 19.0 Å². The van der Waals surface area contributed by atoms with E-state index < -0.39 is 0 Å². The lowest BCUT2D eigenvalue weighted by Gasteiger charge is -2.34. The number of hydrogen-bond donors (Lipinski definition) is 2. The van der Waals surface area contributed by atoms with Gasteiger partial charge in [0.1, 0.15) is 0 Å². The molecule has 1 saturated carbocycles. The van der Waals surface area contributed by atoms with E-state index in [1.165, 1.54) is 24.2 Å². The monoisotopic (exact) mass is 308 g/mol. The smallest absolute Gasteiger partial charge is 0.261 e. The molecule has 21 heavy (non-hydrogen) atoms. The molecule has 0 aromatic carbocycles. The van der Waals surface area contributed by atoms with Crippen LogP contribution in [0.25, 0.3) is 0 Å². The van der Waals surface area contributed by atoms with E-state index in [9.17, 15) is 9.59 Å². The Morgan fingerprint density at radius 1 is 1.33 bits per heavy atom. The van der Waals surface area contributed by atoms with Gasteiger partial charge < -0.3 is 10.6 Å². The van der Waals surface area contributed by atoms with Gasteiger partial charge in [-0.3, -0.25) is 9.59 Å². The molecular formula is C16H24N2O2S. The standard InChI is InChI=1S/C16H24N2O2S/c1-11-5-3-6-13(12(11)2)18-15(19)8-9-17-16(20)14-7-4-10-21-14/h4,7,10-13H,3,5-6,8-9H2,1-2H3,(H,17,20)(H,18,19)/t11-,12-,13+/m1/s1. The highest BCUT2D eigenvalue weighted by atomic mass is 32.1. The van der Waals surface area contributed by atoms with Crippen molar-refractivity contribution >= 4 is 23.2 Å². The summed E-state index contributed by atoms with van der Waals surface area (Å²) in [5.41, 5.74) is 0. The molecule has 1 aromatic heterocycles. The topological polar surface area (TPSA) is 58.2 Å². The molecule has 1 heterocycles. The quantitative estimate of drug-likeness (QED) is 0.879. The largest absolute Gasteiger partial charge is 0.353 e. The molecule has 2 rings (SSSR count). The van der Waals surface area contributed by atoms with Crippen LogP contribution in [0, 0.1) is 11.8 Å². The van der Waals surface area contributed by atoms with Crippen LogP contribution >= 0.6 is 11.3 Å². The molecule has 0 saturated heterocycles. The Kier molecular flexibility index (Phi) is 5.79. The SMILES string of the molecule is C[C@@H]1[C@H](C)CCC[C@@H]1NC(=O)CCNC(=O)c1cccs1. The fourth-order valence-electron chi connectivity index (χ4n) is 2.85. The number of hydrogen-bond acceptors (Lipinski definition) is 3. The number of carbonyl (C=O) groups excluding carboxylic acids is 2. The molecule has 0 unspecified atom stereocenters. The maximum Gasteiger partial charge on any atom is 0.261 e. The Morgan fingerprint density at radius 2 is 2.14 bits per heavy atom. The average Bonchev–Trinajstić information content (AvgIpc) is 2.98. The number of amides is 2. The van der Waals surface area contributed by atoms with Crippen LogP contribution in [0.2, 0.25) is 0 Å². The molecule has 0 radical (unpaired) electrons. The van der Waals surface area contributed by atoms with Crippen molar-refractivity contribution in [2.45, 2.75) is 45.6 Å². The predicted octanol–water partition coefficient (Wildman–Crippen LogP) is 2.81. The highest BCUT2D eigenvalue weighted by molar-refractivity contribution is 7.12. The first-order chi connectivity index (χ1) is 10.1. The van der Waals surface area contributed by atoms with Gasteiger partial charge in [0.15, 0.2) is 0 Å². The van der Waals surface area contributed by atoms with Gasteiger partial charge in [-0.1, -0.05) is 32.8 Å². The molecule has 1 fully saturated rings. The average molecular weight is 308 g/mol. The Labute approximate surface area is 130 Å². The molecular weight excluding hydrogens is 284 g/mol. The van der Waals surface area contributed by atoms with E-state index in [0.29, 0.717) is 29.7 Å². The summed E-state index contributed by atoms with van der Waals surface area (Å²) < 4.78 is 0. The van der Waals surface area contributed by atoms with Gasteiger partial charge in [-0.05, 0) is 29.7 Å². The van der Waals surface area contributed by atoms with Gasteiger partial charge in [-0.15, -0.1) is 11.3 Å². The van der Waals surface area contributed by atoms with Crippen molar-refractivity contribution in [1.82, 2.24) is 10.6 Å². The van der Waals surface area contributed by atoms with Gasteiger partial charge in [0.25, 0.3) is 5.91 Å². The first-order valence-corrected chi connectivity index (χ1v) is 8.57. The maximum absolute atomic E-state index is 12.0. The fraction of sp³-hybridized carbons (Fsp3) is 0.625. The second kappa shape index (κ2) is 7.59. The van der Waals surface area contributed by atoms with Crippen LogP contribution in [0.3, 0.4) is 0 Å². The Morgan fingerprint density at radius 3 is 2.86 bits per heavy atom. The summed E-state index contributed by atoms with van der Waals surface area (Å²) in [6, 6.07) is 3.91. The molecule has 116 valence electrons. The first-order valence-electron chi connectivity index (χ1n) is 7.69. The minimum absolute atomic E-state index is 0.0347. The van der Waals surface area contributed by atoms with Crippen LogP contribution < -0.4 is 10.6 Å². The third kappa shape index (κ3) is 4.56. The second-order valence-corrected chi connectivity index (χ2v) is 6.87. The number of carbonyl (C=O) groups is 2. The van der Waals surface area contributed by atoms with Crippen LogP contribution in [-0.2, 0) is 4.79 Å². The highest BCUT2D eigenvalue weighted by Gasteiger charge is 2.27. The summed E-state index contributed by atoms with van der Waals surface area (Å²) in [7, 11) is 0. The molecule has 1 aromatic rings. The van der Waals surface area contributed by atoms with E-state index in [0.717, 1.165) is 6.42 Å². The number of thiophene rings is 1. The van der Waals surface area contributed by atoms with Crippen LogP contribution in [0.15, 0.2) is 17.5 Å². The zero-order valence-corrected chi connectivity index (χ0v) is 13.5. The highest BCUT2D eigenvalue weighted by Crippen LogP contribution is 2.29. The van der Waals surface area contributed by atoms with Crippen LogP contribution in [-0.4, -0.2) is 24.4 Å². The molecule has 0 bridgehead atoms. The lowest BCUT2D eigenvalue weighted by Crippen LogP contribution is -2.44. The Hall–Kier alpha value is -1.36. The summed E-state index contributed by atoms with van der Waals surface area (Å²) in [5, 5.41) is 7.77. The molecule has 3 atom stereocenters. The summed E-state index contributed by atoms with van der Waals surface area (Å²) >= 11 is 1.41. The van der Waals surface area contributed by atoms with E-state index in [4.69, 9.17) is 0 Å². The molecule has 0 spiro atoms. The number of nitrogens with one attached hydrogen (secondary N) is 2. The first kappa shape index (κ1) is 16.0. The second-order valence-electron chi connectivity index (χ2n) is 5.92. The van der Waals surface area contributed by atoms with Crippen molar-refractivity contribution in [2.75, 3.05) is 6.54 Å². The minimum Gasteiger partial charge on any atom is -0.353 e. The van der Waals surface area contributed by atoms with Crippen molar-refractivity contribution < 1.29 is 9.59 Å². The van der Waals surface area contributed by atoms with Crippen molar-refractivity contribution in [1.29, 1.82) is 0 Å². The fourth-order valence-corrected chi connectivity index (χ4v) is 3.49. The van der Waals surface area contributed by atoms with Crippen molar-refractivity contribution in [3.05, 3.63) is 22.4 Å². The Balaban J connectivity index is 1.69. The third-order valence-corrected chi connectivity index (χ3v) is 5.30. The molecule has 2 N–H and O–H groups in total. The minimum atomic E-state index is -0.0996. The number of rotatable bonds is 5. The normalized spacial score (nSPS) is 25.3. The van der Waals surface area contributed by atoms with E-state index in [1.54, 1.807) is 6.07 Å². The molecule has 5 heteroatoms. The van der Waals surface area contributed by atoms with E-state index in [2.05, 4.69) is 24.5 Å². The van der Waals surface area contributed by atoms with Gasteiger partial charge in [-0.25, -0.2) is 0 Å². The lowest BCUT2D eigenvalue weighted by molar-refractivity contribution is -0.122. The van der Waals surface area contributed by atoms with Crippen molar-refractivity contribution in [2.24, 2.45) is 11.8 Å². The van der Waals surface area contributed by atoms with Crippen LogP contribution in [0.4, 0.5) is 0 Å². The Bertz CT molecular complexity index is 473. The lowest BCUT2D eigenvalue weighted by atomic mass is 9.78. The third-order valence-electron chi connectivity index (χ3n) is 4.44. The van der Waals surface area contributed by atoms with Gasteiger partial charge in [-0.2, -0.15) is 0 Å². The summed E-state index contributed by atoms with van der Waals surface area (Å²) in [5.74, 6) is 1.14. The van der Waals surface area contributed by atoms with E-state index >= 15 is 0 Å². The van der Waals surface area contributed by atoms with Gasteiger partial charge in [0.2, 0.25) is 5.91 Å². The van der Waals surface area contributed by atoms with Crippen molar-refractivity contribution in [3.63, 3.8) is 0 Å². The molecule has 1 aliphatic carbocycles. The molecule has 2 amide bonds. The van der Waals surface area contributed by atoms with Crippen LogP contribution in [0.1, 0.15) is 49.2 Å². The summed E-state index contributed by atoms with van der Waals surface area (Å²) in [6.07, 6.45) is 3.85. The zero-order valence-electron chi connectivity index (χ0n) is 12.7.